The van der Waals surface area contributed by atoms with E-state index in [1.807, 2.05) is 0 Å². The second kappa shape index (κ2) is 6.99. The summed E-state index contributed by atoms with van der Waals surface area (Å²) in [6.45, 7) is 0. The maximum absolute atomic E-state index is 9.55. The average molecular weight is 179 g/mol. The van der Waals surface area contributed by atoms with Gasteiger partial charge in [-0.3, -0.25) is 0 Å². The fraction of sp³-hybridized carbons (Fsp3) is 0. The highest BCUT2D eigenvalue weighted by atomic mass is 16.9. The maximum atomic E-state index is 9.55. The van der Waals surface area contributed by atoms with Crippen molar-refractivity contribution in [3.05, 3.63) is 22.3 Å². The van der Waals surface area contributed by atoms with Crippen LogP contribution in [0.3, 0.4) is 0 Å². The van der Waals surface area contributed by atoms with Crippen molar-refractivity contribution in [3.8, 4) is 0 Å². The van der Waals surface area contributed by atoms with Crippen molar-refractivity contribution in [3.63, 3.8) is 0 Å². The second-order valence-electron chi connectivity index (χ2n) is 1.25. The summed E-state index contributed by atoms with van der Waals surface area (Å²) < 4.78 is 0. The van der Waals surface area contributed by atoms with Crippen LogP contribution in [-0.4, -0.2) is 32.4 Å². The van der Waals surface area contributed by atoms with Gasteiger partial charge in [0.05, 0.1) is 0 Å². The number of nitrogens with zero attached hydrogens (tertiary/aromatic N) is 1. The molecule has 12 heavy (non-hydrogen) atoms. The molecule has 8 heteroatoms. The van der Waals surface area contributed by atoms with Crippen LogP contribution in [0, 0.1) is 10.1 Å². The zero-order valence-corrected chi connectivity index (χ0v) is 5.58. The Bertz CT molecular complexity index is 187. The van der Waals surface area contributed by atoms with Crippen molar-refractivity contribution in [1.29, 1.82) is 0 Å². The molecule has 0 radical (unpaired) electrons. The Morgan fingerprint density at radius 3 is 1.42 bits per heavy atom. The number of rotatable bonds is 2. The van der Waals surface area contributed by atoms with Crippen LogP contribution in [0.5, 0.6) is 0 Å². The van der Waals surface area contributed by atoms with Gasteiger partial charge in [-0.1, -0.05) is 0 Å². The van der Waals surface area contributed by atoms with E-state index in [1.165, 1.54) is 0 Å². The van der Waals surface area contributed by atoms with Gasteiger partial charge in [-0.25, -0.2) is 9.59 Å². The van der Waals surface area contributed by atoms with E-state index in [1.54, 1.807) is 0 Å². The van der Waals surface area contributed by atoms with Crippen molar-refractivity contribution < 1.29 is 30.1 Å². The minimum atomic E-state index is -1.50. The van der Waals surface area contributed by atoms with Crippen molar-refractivity contribution in [2.24, 2.45) is 0 Å². The molecule has 0 saturated heterocycles. The molecule has 0 bridgehead atoms. The zero-order chi connectivity index (χ0) is 10.1. The summed E-state index contributed by atoms with van der Waals surface area (Å²) in [6, 6.07) is 0. The van der Waals surface area contributed by atoms with E-state index in [9.17, 15) is 9.59 Å². The number of hydrogen-bond acceptors (Lipinski definition) is 4. The number of carboxylic acids is 2. The van der Waals surface area contributed by atoms with E-state index >= 15 is 0 Å². The lowest BCUT2D eigenvalue weighted by Crippen LogP contribution is -1.91. The lowest BCUT2D eigenvalue weighted by molar-refractivity contribution is -0.742. The molecule has 8 nitrogen and oxygen atoms in total. The molecule has 0 fully saturated rings. The topological polar surface area (TPSA) is 138 Å². The molecule has 0 aliphatic carbocycles. The Morgan fingerprint density at radius 1 is 1.17 bits per heavy atom. The van der Waals surface area contributed by atoms with Crippen LogP contribution in [0.1, 0.15) is 0 Å². The van der Waals surface area contributed by atoms with Gasteiger partial charge >= 0.3 is 11.9 Å². The van der Waals surface area contributed by atoms with E-state index < -0.39 is 17.0 Å². The third-order valence-electron chi connectivity index (χ3n) is 0.368. The first kappa shape index (κ1) is 12.5. The fourth-order valence-corrected chi connectivity index (χ4v) is 0.143. The largest absolute Gasteiger partial charge is 0.478 e. The zero-order valence-electron chi connectivity index (χ0n) is 5.58. The van der Waals surface area contributed by atoms with Crippen LogP contribution in [0.25, 0.3) is 0 Å². The number of carbonyl (C=O) groups is 2. The first-order valence-corrected chi connectivity index (χ1v) is 2.33. The molecule has 0 rings (SSSR count). The third kappa shape index (κ3) is 45.0. The van der Waals surface area contributed by atoms with E-state index in [0.717, 1.165) is 0 Å². The summed E-state index contributed by atoms with van der Waals surface area (Å²) in [4.78, 5) is 27.5. The van der Waals surface area contributed by atoms with Gasteiger partial charge in [0, 0.05) is 12.2 Å². The highest BCUT2D eigenvalue weighted by Gasteiger charge is 1.88. The quantitative estimate of drug-likeness (QED) is 0.291. The second-order valence-corrected chi connectivity index (χ2v) is 1.25. The molecule has 0 unspecified atom stereocenters. The minimum absolute atomic E-state index is 0.558. The Kier molecular flexibility index (Phi) is 7.31. The van der Waals surface area contributed by atoms with Crippen LogP contribution in [0.2, 0.25) is 0 Å². The Labute approximate surface area is 65.5 Å². The van der Waals surface area contributed by atoms with Crippen LogP contribution >= 0.6 is 0 Å². The molecular formula is C4H5NO7. The summed E-state index contributed by atoms with van der Waals surface area (Å²) in [6.07, 6.45) is 1.12. The van der Waals surface area contributed by atoms with Gasteiger partial charge < -0.3 is 15.4 Å². The highest BCUT2D eigenvalue weighted by Crippen LogP contribution is 1.70. The number of carboxylic acid groups (broad SMARTS) is 2. The summed E-state index contributed by atoms with van der Waals surface area (Å²) >= 11 is 0. The van der Waals surface area contributed by atoms with Gasteiger partial charge in [0.2, 0.25) is 0 Å². The molecule has 0 aromatic carbocycles. The van der Waals surface area contributed by atoms with Gasteiger partial charge in [-0.2, -0.15) is 0 Å². The monoisotopic (exact) mass is 179 g/mol. The van der Waals surface area contributed by atoms with Gasteiger partial charge in [0.15, 0.2) is 0 Å². The smallest absolute Gasteiger partial charge is 0.328 e. The Balaban J connectivity index is 0. The number of aliphatic carboxylic acids is 2. The van der Waals surface area contributed by atoms with Crippen LogP contribution in [0.4, 0.5) is 0 Å². The van der Waals surface area contributed by atoms with Crippen LogP contribution < -0.4 is 0 Å². The molecule has 0 aromatic heterocycles. The molecule has 0 aliphatic heterocycles. The van der Waals surface area contributed by atoms with Crippen molar-refractivity contribution >= 4 is 11.9 Å². The van der Waals surface area contributed by atoms with E-state index in [2.05, 4.69) is 0 Å². The predicted octanol–water partition coefficient (Wildman–Crippen LogP) is -0.636. The van der Waals surface area contributed by atoms with E-state index in [0.29, 0.717) is 12.2 Å². The summed E-state index contributed by atoms with van der Waals surface area (Å²) in [5.74, 6) is -2.51. The Hall–Kier alpha value is -2.12. The van der Waals surface area contributed by atoms with Crippen LogP contribution in [0.15, 0.2) is 12.2 Å². The van der Waals surface area contributed by atoms with Crippen LogP contribution in [-0.2, 0) is 9.59 Å². The van der Waals surface area contributed by atoms with Crippen molar-refractivity contribution in [2.75, 3.05) is 0 Å². The van der Waals surface area contributed by atoms with Crippen molar-refractivity contribution in [2.45, 2.75) is 0 Å². The third-order valence-corrected chi connectivity index (χ3v) is 0.368. The molecule has 0 spiro atoms. The van der Waals surface area contributed by atoms with E-state index in [4.69, 9.17) is 25.5 Å². The first-order valence-electron chi connectivity index (χ1n) is 2.33. The highest BCUT2D eigenvalue weighted by molar-refractivity contribution is 5.89. The van der Waals surface area contributed by atoms with Gasteiger partial charge in [0.25, 0.3) is 5.09 Å². The maximum Gasteiger partial charge on any atom is 0.328 e. The number of hydrogen-bond donors (Lipinski definition) is 3. The molecule has 0 saturated carbocycles. The molecule has 0 aromatic rings. The molecule has 0 atom stereocenters. The Morgan fingerprint density at radius 2 is 1.33 bits per heavy atom. The molecular weight excluding hydrogens is 174 g/mol. The van der Waals surface area contributed by atoms with Gasteiger partial charge in [-0.05, 0) is 0 Å². The minimum Gasteiger partial charge on any atom is -0.478 e. The fourth-order valence-electron chi connectivity index (χ4n) is 0.143. The normalized spacial score (nSPS) is 8.33. The average Bonchev–Trinajstić information content (AvgIpc) is 1.82. The SMILES string of the molecule is O=C(O)/C=C/C(=O)O.O=[N+]([O-])O. The van der Waals surface area contributed by atoms with E-state index in [-0.39, 0.29) is 0 Å². The summed E-state index contributed by atoms with van der Waals surface area (Å²) in [5, 5.41) is 29.3. The standard InChI is InChI=1S/C4H4O4.HNO3/c5-3(6)1-2-4(7)8;2-1(3)4/h1-2H,(H,5,6)(H,7,8);(H,2,3,4)/b2-1+;. The summed E-state index contributed by atoms with van der Waals surface area (Å²) in [7, 11) is 0. The van der Waals surface area contributed by atoms with Gasteiger partial charge in [0.1, 0.15) is 0 Å². The summed E-state index contributed by atoms with van der Waals surface area (Å²) in [5.41, 5.74) is 0. The molecule has 0 heterocycles. The van der Waals surface area contributed by atoms with Gasteiger partial charge in [-0.15, -0.1) is 10.1 Å². The first-order chi connectivity index (χ1) is 5.36. The molecule has 0 aliphatic rings. The lowest BCUT2D eigenvalue weighted by atomic mass is 10.5. The molecule has 3 N–H and O–H groups in total. The molecule has 68 valence electrons. The molecule has 0 amide bonds. The van der Waals surface area contributed by atoms with Crippen molar-refractivity contribution in [1.82, 2.24) is 0 Å². The lowest BCUT2D eigenvalue weighted by Gasteiger charge is -1.74. The predicted molar refractivity (Wildman–Crippen MR) is 33.2 cm³/mol.